The highest BCUT2D eigenvalue weighted by molar-refractivity contribution is 5.95. The van der Waals surface area contributed by atoms with E-state index in [1.54, 1.807) is 4.90 Å². The predicted molar refractivity (Wildman–Crippen MR) is 79.9 cm³/mol. The number of benzene rings is 1. The molecular formula is C15H21N3O2. The second kappa shape index (κ2) is 5.53. The zero-order valence-corrected chi connectivity index (χ0v) is 12.2. The van der Waals surface area contributed by atoms with Crippen molar-refractivity contribution in [2.24, 2.45) is 5.41 Å². The number of hydrogen-bond acceptors (Lipinski definition) is 2. The minimum atomic E-state index is -0.425. The number of amides is 3. The third-order valence-corrected chi connectivity index (χ3v) is 3.20. The average molecular weight is 275 g/mol. The van der Waals surface area contributed by atoms with Crippen molar-refractivity contribution in [3.05, 3.63) is 24.3 Å². The number of carbonyl (C=O) groups is 2. The van der Waals surface area contributed by atoms with Crippen molar-refractivity contribution in [3.63, 3.8) is 0 Å². The van der Waals surface area contributed by atoms with Crippen molar-refractivity contribution >= 4 is 23.3 Å². The summed E-state index contributed by atoms with van der Waals surface area (Å²) in [5.74, 6) is -0.0269. The highest BCUT2D eigenvalue weighted by Gasteiger charge is 2.22. The van der Waals surface area contributed by atoms with Gasteiger partial charge in [0.15, 0.2) is 0 Å². The van der Waals surface area contributed by atoms with Crippen molar-refractivity contribution in [2.75, 3.05) is 23.3 Å². The third-order valence-electron chi connectivity index (χ3n) is 3.20. The van der Waals surface area contributed by atoms with Crippen LogP contribution in [0, 0.1) is 5.41 Å². The molecule has 1 aliphatic rings. The number of nitrogens with zero attached hydrogens (tertiary/aromatic N) is 1. The van der Waals surface area contributed by atoms with E-state index in [2.05, 4.69) is 10.6 Å². The third kappa shape index (κ3) is 3.29. The fraction of sp³-hybridized carbons (Fsp3) is 0.467. The molecule has 2 rings (SSSR count). The molecule has 0 radical (unpaired) electrons. The normalized spacial score (nSPS) is 15.8. The summed E-state index contributed by atoms with van der Waals surface area (Å²) in [5, 5.41) is 5.68. The summed E-state index contributed by atoms with van der Waals surface area (Å²) in [7, 11) is 0. The van der Waals surface area contributed by atoms with E-state index in [9.17, 15) is 9.59 Å². The van der Waals surface area contributed by atoms with Crippen LogP contribution < -0.4 is 15.5 Å². The van der Waals surface area contributed by atoms with Gasteiger partial charge in [-0.2, -0.15) is 0 Å². The van der Waals surface area contributed by atoms with Crippen LogP contribution in [0.3, 0.4) is 0 Å². The molecule has 1 aliphatic heterocycles. The van der Waals surface area contributed by atoms with Gasteiger partial charge in [0.25, 0.3) is 0 Å². The lowest BCUT2D eigenvalue weighted by Gasteiger charge is -2.27. The van der Waals surface area contributed by atoms with Gasteiger partial charge in [0, 0.05) is 29.9 Å². The molecule has 1 saturated heterocycles. The first-order valence-corrected chi connectivity index (χ1v) is 6.85. The monoisotopic (exact) mass is 275 g/mol. The molecule has 0 unspecified atom stereocenters. The van der Waals surface area contributed by atoms with Gasteiger partial charge in [-0.3, -0.25) is 9.69 Å². The zero-order valence-electron chi connectivity index (χ0n) is 12.2. The Labute approximate surface area is 119 Å². The van der Waals surface area contributed by atoms with Crippen molar-refractivity contribution in [1.29, 1.82) is 0 Å². The number of anilines is 2. The predicted octanol–water partition coefficient (Wildman–Crippen LogP) is 2.59. The van der Waals surface area contributed by atoms with Gasteiger partial charge in [0.05, 0.1) is 0 Å². The Bertz CT molecular complexity index is 503. The first kappa shape index (κ1) is 14.4. The molecule has 0 bridgehead atoms. The van der Waals surface area contributed by atoms with Gasteiger partial charge in [0.1, 0.15) is 0 Å². The van der Waals surface area contributed by atoms with Crippen LogP contribution >= 0.6 is 0 Å². The molecule has 5 nitrogen and oxygen atoms in total. The van der Waals surface area contributed by atoms with Crippen LogP contribution in [0.15, 0.2) is 24.3 Å². The molecule has 0 aliphatic carbocycles. The Balaban J connectivity index is 2.06. The topological polar surface area (TPSA) is 61.4 Å². The number of urea groups is 1. The standard InChI is InChI=1S/C15H21N3O2/c1-15(2,3)13(19)17-11-5-7-12(8-6-11)18-10-4-9-16-14(18)20/h5-8H,4,9-10H2,1-3H3,(H,16,20)(H,17,19). The number of nitrogens with one attached hydrogen (secondary N) is 2. The van der Waals surface area contributed by atoms with Crippen molar-refractivity contribution in [2.45, 2.75) is 27.2 Å². The van der Waals surface area contributed by atoms with E-state index in [1.807, 2.05) is 45.0 Å². The molecule has 0 atom stereocenters. The molecule has 1 aromatic carbocycles. The Kier molecular flexibility index (Phi) is 3.97. The van der Waals surface area contributed by atoms with Gasteiger partial charge in [0.2, 0.25) is 5.91 Å². The van der Waals surface area contributed by atoms with Crippen molar-refractivity contribution < 1.29 is 9.59 Å². The Morgan fingerprint density at radius 3 is 2.45 bits per heavy atom. The van der Waals surface area contributed by atoms with Gasteiger partial charge < -0.3 is 10.6 Å². The van der Waals surface area contributed by atoms with Crippen LogP contribution in [0.25, 0.3) is 0 Å². The average Bonchev–Trinajstić information content (AvgIpc) is 2.39. The van der Waals surface area contributed by atoms with Gasteiger partial charge in [-0.05, 0) is 30.7 Å². The van der Waals surface area contributed by atoms with E-state index in [0.29, 0.717) is 0 Å². The maximum absolute atomic E-state index is 11.9. The van der Waals surface area contributed by atoms with Crippen molar-refractivity contribution in [1.82, 2.24) is 5.32 Å². The van der Waals surface area contributed by atoms with E-state index >= 15 is 0 Å². The molecule has 1 fully saturated rings. The largest absolute Gasteiger partial charge is 0.338 e. The molecule has 0 saturated carbocycles. The lowest BCUT2D eigenvalue weighted by molar-refractivity contribution is -0.123. The minimum Gasteiger partial charge on any atom is -0.338 e. The second-order valence-electron chi connectivity index (χ2n) is 5.99. The summed E-state index contributed by atoms with van der Waals surface area (Å²) in [5.41, 5.74) is 1.16. The first-order chi connectivity index (χ1) is 9.38. The Morgan fingerprint density at radius 1 is 1.25 bits per heavy atom. The molecule has 1 aromatic rings. The maximum atomic E-state index is 11.9. The summed E-state index contributed by atoms with van der Waals surface area (Å²) in [6.07, 6.45) is 0.939. The first-order valence-electron chi connectivity index (χ1n) is 6.85. The van der Waals surface area contributed by atoms with Crippen LogP contribution in [-0.4, -0.2) is 25.0 Å². The SMILES string of the molecule is CC(C)(C)C(=O)Nc1ccc(N2CCCNC2=O)cc1. The molecule has 1 heterocycles. The van der Waals surface area contributed by atoms with Crippen LogP contribution in [0.2, 0.25) is 0 Å². The summed E-state index contributed by atoms with van der Waals surface area (Å²) in [6, 6.07) is 7.27. The van der Waals surface area contributed by atoms with Crippen LogP contribution in [0.1, 0.15) is 27.2 Å². The highest BCUT2D eigenvalue weighted by Crippen LogP contribution is 2.22. The molecular weight excluding hydrogens is 254 g/mol. The summed E-state index contributed by atoms with van der Waals surface area (Å²) < 4.78 is 0. The maximum Gasteiger partial charge on any atom is 0.321 e. The van der Waals surface area contributed by atoms with E-state index in [-0.39, 0.29) is 11.9 Å². The molecule has 108 valence electrons. The molecule has 0 aromatic heterocycles. The van der Waals surface area contributed by atoms with Crippen LogP contribution in [0.4, 0.5) is 16.2 Å². The van der Waals surface area contributed by atoms with Crippen molar-refractivity contribution in [3.8, 4) is 0 Å². The summed E-state index contributed by atoms with van der Waals surface area (Å²) >= 11 is 0. The fourth-order valence-corrected chi connectivity index (χ4v) is 1.92. The van der Waals surface area contributed by atoms with Crippen LogP contribution in [0.5, 0.6) is 0 Å². The van der Waals surface area contributed by atoms with Gasteiger partial charge >= 0.3 is 6.03 Å². The Morgan fingerprint density at radius 2 is 1.90 bits per heavy atom. The lowest BCUT2D eigenvalue weighted by Crippen LogP contribution is -2.46. The molecule has 20 heavy (non-hydrogen) atoms. The Hall–Kier alpha value is -2.04. The fourth-order valence-electron chi connectivity index (χ4n) is 1.92. The van der Waals surface area contributed by atoms with E-state index in [1.165, 1.54) is 0 Å². The molecule has 5 heteroatoms. The van der Waals surface area contributed by atoms with Gasteiger partial charge in [-0.15, -0.1) is 0 Å². The number of carbonyl (C=O) groups excluding carboxylic acids is 2. The zero-order chi connectivity index (χ0) is 14.8. The second-order valence-corrected chi connectivity index (χ2v) is 5.99. The lowest BCUT2D eigenvalue weighted by atomic mass is 9.95. The number of rotatable bonds is 2. The molecule has 3 amide bonds. The van der Waals surface area contributed by atoms with Gasteiger partial charge in [-0.1, -0.05) is 20.8 Å². The summed E-state index contributed by atoms with van der Waals surface area (Å²) in [6.45, 7) is 7.06. The quantitative estimate of drug-likeness (QED) is 0.871. The summed E-state index contributed by atoms with van der Waals surface area (Å²) in [4.78, 5) is 25.3. The minimum absolute atomic E-state index is 0.0269. The van der Waals surface area contributed by atoms with E-state index < -0.39 is 5.41 Å². The van der Waals surface area contributed by atoms with Gasteiger partial charge in [-0.25, -0.2) is 4.79 Å². The molecule has 0 spiro atoms. The highest BCUT2D eigenvalue weighted by atomic mass is 16.2. The molecule has 2 N–H and O–H groups in total. The van der Waals surface area contributed by atoms with Crippen LogP contribution in [-0.2, 0) is 4.79 Å². The van der Waals surface area contributed by atoms with E-state index in [0.717, 1.165) is 30.9 Å². The number of hydrogen-bond donors (Lipinski definition) is 2. The van der Waals surface area contributed by atoms with E-state index in [4.69, 9.17) is 0 Å². The smallest absolute Gasteiger partial charge is 0.321 e.